The molecule has 1 aromatic rings. The summed E-state index contributed by atoms with van der Waals surface area (Å²) in [6.45, 7) is 6.18. The minimum absolute atomic E-state index is 0.000774. The highest BCUT2D eigenvalue weighted by atomic mass is 16.5. The van der Waals surface area contributed by atoms with Crippen LogP contribution in [-0.2, 0) is 11.3 Å². The molecule has 0 aromatic heterocycles. The molecule has 1 N–H and O–H groups in total. The Morgan fingerprint density at radius 3 is 2.53 bits per heavy atom. The van der Waals surface area contributed by atoms with Gasteiger partial charge in [-0.2, -0.15) is 0 Å². The number of ether oxygens (including phenoxy) is 1. The van der Waals surface area contributed by atoms with Gasteiger partial charge in [0.05, 0.1) is 5.60 Å². The normalized spacial score (nSPS) is 22.5. The molecular formula is C16H26N2O. The van der Waals surface area contributed by atoms with E-state index in [-0.39, 0.29) is 5.60 Å². The number of nitrogens with one attached hydrogen (secondary N) is 1. The largest absolute Gasteiger partial charge is 0.382 e. The Morgan fingerprint density at radius 2 is 1.95 bits per heavy atom. The van der Waals surface area contributed by atoms with E-state index in [1.54, 1.807) is 0 Å². The van der Waals surface area contributed by atoms with Gasteiger partial charge in [0, 0.05) is 24.9 Å². The van der Waals surface area contributed by atoms with Crippen LogP contribution in [0.25, 0.3) is 0 Å². The first kappa shape index (κ1) is 14.4. The van der Waals surface area contributed by atoms with Crippen molar-refractivity contribution < 1.29 is 4.74 Å². The summed E-state index contributed by atoms with van der Waals surface area (Å²) in [7, 11) is 4.19. The zero-order chi connectivity index (χ0) is 13.9. The van der Waals surface area contributed by atoms with Crippen molar-refractivity contribution in [3.05, 3.63) is 29.8 Å². The van der Waals surface area contributed by atoms with Gasteiger partial charge in [0.25, 0.3) is 0 Å². The van der Waals surface area contributed by atoms with Crippen LogP contribution in [0.5, 0.6) is 0 Å². The number of hydrogen-bond donors (Lipinski definition) is 1. The molecule has 19 heavy (non-hydrogen) atoms. The molecule has 1 saturated heterocycles. The summed E-state index contributed by atoms with van der Waals surface area (Å²) in [5.74, 6) is 0. The molecule has 0 saturated carbocycles. The van der Waals surface area contributed by atoms with Crippen LogP contribution in [0.3, 0.4) is 0 Å². The number of anilines is 1. The average molecular weight is 262 g/mol. The van der Waals surface area contributed by atoms with Crippen LogP contribution in [-0.4, -0.2) is 37.2 Å². The van der Waals surface area contributed by atoms with Gasteiger partial charge in [0.2, 0.25) is 0 Å². The molecule has 1 aliphatic rings. The van der Waals surface area contributed by atoms with Gasteiger partial charge >= 0.3 is 0 Å². The standard InChI is InChI=1S/C16H26N2O/c1-16(2)11-15(9-10-19-16)17-14-7-5-13(6-8-14)12-18(3)4/h5-8,15,17H,9-12H2,1-4H3. The molecule has 0 aliphatic carbocycles. The number of nitrogens with zero attached hydrogens (tertiary/aromatic N) is 1. The van der Waals surface area contributed by atoms with Crippen molar-refractivity contribution in [2.24, 2.45) is 0 Å². The molecule has 1 aliphatic heterocycles. The molecule has 0 bridgehead atoms. The summed E-state index contributed by atoms with van der Waals surface area (Å²) in [5, 5.41) is 3.62. The van der Waals surface area contributed by atoms with Gasteiger partial charge in [0.1, 0.15) is 0 Å². The zero-order valence-corrected chi connectivity index (χ0v) is 12.6. The van der Waals surface area contributed by atoms with Crippen molar-refractivity contribution >= 4 is 5.69 Å². The molecule has 0 spiro atoms. The molecule has 3 heteroatoms. The van der Waals surface area contributed by atoms with Gasteiger partial charge in [-0.15, -0.1) is 0 Å². The van der Waals surface area contributed by atoms with Gasteiger partial charge in [-0.1, -0.05) is 12.1 Å². The quantitative estimate of drug-likeness (QED) is 0.902. The third-order valence-corrected chi connectivity index (χ3v) is 3.52. The molecule has 0 radical (unpaired) electrons. The Bertz CT molecular complexity index is 398. The summed E-state index contributed by atoms with van der Waals surface area (Å²) in [4.78, 5) is 2.18. The Balaban J connectivity index is 1.92. The molecule has 0 amide bonds. The lowest BCUT2D eigenvalue weighted by Crippen LogP contribution is -2.40. The Kier molecular flexibility index (Phi) is 4.48. The molecule has 2 rings (SSSR count). The summed E-state index contributed by atoms with van der Waals surface area (Å²) in [6, 6.07) is 9.28. The molecule has 1 aromatic carbocycles. The monoisotopic (exact) mass is 262 g/mol. The molecular weight excluding hydrogens is 236 g/mol. The molecule has 1 unspecified atom stereocenters. The Hall–Kier alpha value is -1.06. The minimum atomic E-state index is 0.000774. The van der Waals surface area contributed by atoms with Crippen LogP contribution in [0.15, 0.2) is 24.3 Å². The summed E-state index contributed by atoms with van der Waals surface area (Å²) in [6.07, 6.45) is 2.15. The maximum Gasteiger partial charge on any atom is 0.0646 e. The topological polar surface area (TPSA) is 24.5 Å². The molecule has 1 heterocycles. The predicted octanol–water partition coefficient (Wildman–Crippen LogP) is 3.12. The lowest BCUT2D eigenvalue weighted by atomic mass is 9.94. The fourth-order valence-corrected chi connectivity index (χ4v) is 2.66. The van der Waals surface area contributed by atoms with Crippen LogP contribution in [0.4, 0.5) is 5.69 Å². The second-order valence-electron chi connectivity index (χ2n) is 6.38. The predicted molar refractivity (Wildman–Crippen MR) is 80.5 cm³/mol. The number of hydrogen-bond acceptors (Lipinski definition) is 3. The summed E-state index contributed by atoms with van der Waals surface area (Å²) >= 11 is 0. The van der Waals surface area contributed by atoms with Gasteiger partial charge in [0.15, 0.2) is 0 Å². The van der Waals surface area contributed by atoms with E-state index < -0.39 is 0 Å². The second kappa shape index (κ2) is 5.93. The number of benzene rings is 1. The number of rotatable bonds is 4. The van der Waals surface area contributed by atoms with Crippen molar-refractivity contribution in [3.63, 3.8) is 0 Å². The maximum atomic E-state index is 5.75. The summed E-state index contributed by atoms with van der Waals surface area (Å²) in [5.41, 5.74) is 2.56. The van der Waals surface area contributed by atoms with Gasteiger partial charge in [-0.25, -0.2) is 0 Å². The van der Waals surface area contributed by atoms with E-state index in [1.807, 2.05) is 0 Å². The van der Waals surface area contributed by atoms with Crippen molar-refractivity contribution in [1.82, 2.24) is 4.90 Å². The van der Waals surface area contributed by atoms with Crippen LogP contribution in [0, 0.1) is 0 Å². The zero-order valence-electron chi connectivity index (χ0n) is 12.6. The maximum absolute atomic E-state index is 5.75. The first-order chi connectivity index (χ1) is 8.94. The van der Waals surface area contributed by atoms with Crippen molar-refractivity contribution in [1.29, 1.82) is 0 Å². The highest BCUT2D eigenvalue weighted by Gasteiger charge is 2.28. The van der Waals surface area contributed by atoms with E-state index in [2.05, 4.69) is 62.4 Å². The molecule has 106 valence electrons. The third-order valence-electron chi connectivity index (χ3n) is 3.52. The highest BCUT2D eigenvalue weighted by Crippen LogP contribution is 2.26. The van der Waals surface area contributed by atoms with Crippen molar-refractivity contribution in [3.8, 4) is 0 Å². The van der Waals surface area contributed by atoms with Crippen LogP contribution in [0.1, 0.15) is 32.3 Å². The van der Waals surface area contributed by atoms with E-state index in [1.165, 1.54) is 11.3 Å². The van der Waals surface area contributed by atoms with Crippen LogP contribution < -0.4 is 5.32 Å². The van der Waals surface area contributed by atoms with E-state index in [9.17, 15) is 0 Å². The Labute approximate surface area is 116 Å². The lowest BCUT2D eigenvalue weighted by Gasteiger charge is -2.36. The fraction of sp³-hybridized carbons (Fsp3) is 0.625. The smallest absolute Gasteiger partial charge is 0.0646 e. The fourth-order valence-electron chi connectivity index (χ4n) is 2.66. The van der Waals surface area contributed by atoms with Crippen molar-refractivity contribution in [2.45, 2.75) is 44.9 Å². The summed E-state index contributed by atoms with van der Waals surface area (Å²) < 4.78 is 5.75. The SMILES string of the molecule is CN(C)Cc1ccc(NC2CCOC(C)(C)C2)cc1. The van der Waals surface area contributed by atoms with Gasteiger partial charge in [-0.3, -0.25) is 0 Å². The van der Waals surface area contributed by atoms with E-state index >= 15 is 0 Å². The first-order valence-electron chi connectivity index (χ1n) is 7.09. The second-order valence-corrected chi connectivity index (χ2v) is 6.38. The molecule has 1 atom stereocenters. The highest BCUT2D eigenvalue weighted by molar-refractivity contribution is 5.45. The average Bonchev–Trinajstić information content (AvgIpc) is 2.30. The van der Waals surface area contributed by atoms with E-state index in [0.29, 0.717) is 6.04 Å². The minimum Gasteiger partial charge on any atom is -0.382 e. The van der Waals surface area contributed by atoms with Crippen molar-refractivity contribution in [2.75, 3.05) is 26.0 Å². The molecule has 3 nitrogen and oxygen atoms in total. The van der Waals surface area contributed by atoms with E-state index in [0.717, 1.165) is 26.0 Å². The van der Waals surface area contributed by atoms with Gasteiger partial charge < -0.3 is 15.0 Å². The van der Waals surface area contributed by atoms with Crippen LogP contribution in [0.2, 0.25) is 0 Å². The first-order valence-corrected chi connectivity index (χ1v) is 7.09. The lowest BCUT2D eigenvalue weighted by molar-refractivity contribution is -0.0553. The van der Waals surface area contributed by atoms with E-state index in [4.69, 9.17) is 4.74 Å². The molecule has 1 fully saturated rings. The van der Waals surface area contributed by atoms with Gasteiger partial charge in [-0.05, 0) is 58.5 Å². The third kappa shape index (κ3) is 4.51. The Morgan fingerprint density at radius 1 is 1.26 bits per heavy atom. The van der Waals surface area contributed by atoms with Crippen LogP contribution >= 0.6 is 0 Å².